The third kappa shape index (κ3) is 3.36. The number of rotatable bonds is 4. The summed E-state index contributed by atoms with van der Waals surface area (Å²) in [5.74, 6) is -0.525. The Hall–Kier alpha value is -1.37. The van der Waals surface area contributed by atoms with Crippen LogP contribution in [0.3, 0.4) is 0 Å². The van der Waals surface area contributed by atoms with E-state index in [2.05, 4.69) is 0 Å². The Balaban J connectivity index is 2.76. The number of benzene rings is 1. The van der Waals surface area contributed by atoms with Gasteiger partial charge in [0.2, 0.25) is 0 Å². The molecule has 0 saturated heterocycles. The highest BCUT2D eigenvalue weighted by Gasteiger charge is 2.13. The fraction of sp³-hybridized carbons (Fsp3) is 0.222. The molecule has 4 N–H and O–H groups in total. The summed E-state index contributed by atoms with van der Waals surface area (Å²) in [7, 11) is -1.59. The number of carbonyl (C=O) groups excluding carboxylic acids is 1. The second kappa shape index (κ2) is 5.50. The van der Waals surface area contributed by atoms with Crippen LogP contribution in [0.5, 0.6) is 0 Å². The first-order valence-corrected chi connectivity index (χ1v) is 4.48. The van der Waals surface area contributed by atoms with Crippen LogP contribution < -0.4 is 11.2 Å². The van der Waals surface area contributed by atoms with E-state index in [1.807, 2.05) is 0 Å². The van der Waals surface area contributed by atoms with Crippen molar-refractivity contribution in [2.75, 3.05) is 13.2 Å². The van der Waals surface area contributed by atoms with E-state index in [1.54, 1.807) is 6.07 Å². The number of esters is 1. The molecule has 0 unspecified atom stereocenters. The molecule has 0 spiro atoms. The Morgan fingerprint density at radius 1 is 1.47 bits per heavy atom. The van der Waals surface area contributed by atoms with E-state index in [-0.39, 0.29) is 24.2 Å². The van der Waals surface area contributed by atoms with Gasteiger partial charge in [0.15, 0.2) is 0 Å². The quantitative estimate of drug-likeness (QED) is 0.413. The predicted octanol–water partition coefficient (Wildman–Crippen LogP) is -1.52. The van der Waals surface area contributed by atoms with E-state index in [9.17, 15) is 4.79 Å². The molecule has 0 aliphatic rings. The van der Waals surface area contributed by atoms with Crippen molar-refractivity contribution in [2.24, 2.45) is 5.73 Å². The second-order valence-electron chi connectivity index (χ2n) is 2.92. The molecule has 0 aliphatic heterocycles. The molecular weight excluding hydrogens is 197 g/mol. The lowest BCUT2D eigenvalue weighted by atomic mass is 9.80. The molecule has 80 valence electrons. The van der Waals surface area contributed by atoms with Crippen LogP contribution in [0.2, 0.25) is 0 Å². The van der Waals surface area contributed by atoms with Crippen molar-refractivity contribution in [1.82, 2.24) is 0 Å². The molecule has 1 aromatic carbocycles. The maximum absolute atomic E-state index is 11.3. The van der Waals surface area contributed by atoms with Gasteiger partial charge in [-0.25, -0.2) is 4.79 Å². The number of hydrogen-bond acceptors (Lipinski definition) is 5. The summed E-state index contributed by atoms with van der Waals surface area (Å²) in [6.07, 6.45) is 0. The van der Waals surface area contributed by atoms with Crippen LogP contribution in [-0.2, 0) is 4.74 Å². The Labute approximate surface area is 87.6 Å². The zero-order valence-corrected chi connectivity index (χ0v) is 8.09. The molecule has 0 radical (unpaired) electrons. The maximum atomic E-state index is 11.3. The van der Waals surface area contributed by atoms with Crippen LogP contribution in [-0.4, -0.2) is 36.3 Å². The number of hydrogen-bond donors (Lipinski definition) is 3. The SMILES string of the molecule is NCCOC(=O)c1cccc(B(O)O)c1. The molecule has 0 aliphatic carbocycles. The van der Waals surface area contributed by atoms with Crippen LogP contribution in [0.4, 0.5) is 0 Å². The van der Waals surface area contributed by atoms with Gasteiger partial charge in [-0.2, -0.15) is 0 Å². The lowest BCUT2D eigenvalue weighted by Crippen LogP contribution is -2.30. The average Bonchev–Trinajstić information content (AvgIpc) is 2.26. The first kappa shape index (κ1) is 11.7. The standard InChI is InChI=1S/C9H12BNO4/c11-4-5-15-9(12)7-2-1-3-8(6-7)10(13)14/h1-3,6,13-14H,4-5,11H2. The van der Waals surface area contributed by atoms with Gasteiger partial charge in [-0.15, -0.1) is 0 Å². The summed E-state index contributed by atoms with van der Waals surface area (Å²) < 4.78 is 4.78. The minimum absolute atomic E-state index is 0.144. The third-order valence-electron chi connectivity index (χ3n) is 1.77. The second-order valence-corrected chi connectivity index (χ2v) is 2.92. The summed E-state index contributed by atoms with van der Waals surface area (Å²) >= 11 is 0. The summed E-state index contributed by atoms with van der Waals surface area (Å²) in [6, 6.07) is 5.95. The third-order valence-corrected chi connectivity index (χ3v) is 1.77. The molecule has 0 saturated carbocycles. The molecule has 1 aromatic rings. The summed E-state index contributed by atoms with van der Waals surface area (Å²) in [5.41, 5.74) is 5.70. The number of nitrogens with two attached hydrogens (primary N) is 1. The van der Waals surface area contributed by atoms with Crippen molar-refractivity contribution in [1.29, 1.82) is 0 Å². The average molecular weight is 209 g/mol. The van der Waals surface area contributed by atoms with Gasteiger partial charge in [0.1, 0.15) is 6.61 Å². The Kier molecular flexibility index (Phi) is 4.29. The van der Waals surface area contributed by atoms with E-state index >= 15 is 0 Å². The van der Waals surface area contributed by atoms with Gasteiger partial charge in [-0.3, -0.25) is 0 Å². The predicted molar refractivity (Wildman–Crippen MR) is 55.6 cm³/mol. The first-order chi connectivity index (χ1) is 7.15. The molecule has 5 nitrogen and oxygen atoms in total. The molecule has 15 heavy (non-hydrogen) atoms. The molecule has 0 fully saturated rings. The molecule has 0 bridgehead atoms. The van der Waals surface area contributed by atoms with Crippen LogP contribution in [0, 0.1) is 0 Å². The summed E-state index contributed by atoms with van der Waals surface area (Å²) in [4.78, 5) is 11.3. The lowest BCUT2D eigenvalue weighted by Gasteiger charge is -2.04. The summed E-state index contributed by atoms with van der Waals surface area (Å²) in [5, 5.41) is 17.8. The Morgan fingerprint density at radius 2 is 2.20 bits per heavy atom. The minimum atomic E-state index is -1.59. The number of ether oxygens (including phenoxy) is 1. The summed E-state index contributed by atoms with van der Waals surface area (Å²) in [6.45, 7) is 0.402. The fourth-order valence-electron chi connectivity index (χ4n) is 1.06. The molecule has 6 heteroatoms. The first-order valence-electron chi connectivity index (χ1n) is 4.48. The lowest BCUT2D eigenvalue weighted by molar-refractivity contribution is 0.0517. The molecule has 0 heterocycles. The highest BCUT2D eigenvalue weighted by atomic mass is 16.5. The highest BCUT2D eigenvalue weighted by Crippen LogP contribution is 1.99. The maximum Gasteiger partial charge on any atom is 0.488 e. The highest BCUT2D eigenvalue weighted by molar-refractivity contribution is 6.58. The van der Waals surface area contributed by atoms with Crippen LogP contribution in [0.15, 0.2) is 24.3 Å². The largest absolute Gasteiger partial charge is 0.488 e. The van der Waals surface area contributed by atoms with Crippen molar-refractivity contribution < 1.29 is 19.6 Å². The van der Waals surface area contributed by atoms with Crippen LogP contribution in [0.1, 0.15) is 10.4 Å². The van der Waals surface area contributed by atoms with Gasteiger partial charge in [-0.05, 0) is 17.6 Å². The zero-order chi connectivity index (χ0) is 11.3. The van der Waals surface area contributed by atoms with Gasteiger partial charge in [0.25, 0.3) is 0 Å². The molecule has 1 rings (SSSR count). The van der Waals surface area contributed by atoms with Crippen molar-refractivity contribution in [3.63, 3.8) is 0 Å². The molecule has 0 aromatic heterocycles. The smallest absolute Gasteiger partial charge is 0.461 e. The van der Waals surface area contributed by atoms with Gasteiger partial charge < -0.3 is 20.5 Å². The molecule has 0 amide bonds. The van der Waals surface area contributed by atoms with E-state index < -0.39 is 13.1 Å². The topological polar surface area (TPSA) is 92.8 Å². The Bertz CT molecular complexity index is 343. The van der Waals surface area contributed by atoms with E-state index in [0.29, 0.717) is 0 Å². The van der Waals surface area contributed by atoms with Gasteiger partial charge in [-0.1, -0.05) is 12.1 Å². The number of carbonyl (C=O) groups is 1. The Morgan fingerprint density at radius 3 is 2.80 bits per heavy atom. The van der Waals surface area contributed by atoms with E-state index in [1.165, 1.54) is 18.2 Å². The van der Waals surface area contributed by atoms with Crippen molar-refractivity contribution in [2.45, 2.75) is 0 Å². The van der Waals surface area contributed by atoms with Crippen molar-refractivity contribution >= 4 is 18.6 Å². The molecule has 0 atom stereocenters. The normalized spacial score (nSPS) is 9.80. The fourth-order valence-corrected chi connectivity index (χ4v) is 1.06. The molecular formula is C9H12BNO4. The van der Waals surface area contributed by atoms with Gasteiger partial charge in [0.05, 0.1) is 5.56 Å². The van der Waals surface area contributed by atoms with Crippen LogP contribution >= 0.6 is 0 Å². The van der Waals surface area contributed by atoms with Gasteiger partial charge >= 0.3 is 13.1 Å². The van der Waals surface area contributed by atoms with Crippen molar-refractivity contribution in [3.8, 4) is 0 Å². The van der Waals surface area contributed by atoms with Crippen LogP contribution in [0.25, 0.3) is 0 Å². The monoisotopic (exact) mass is 209 g/mol. The van der Waals surface area contributed by atoms with Gasteiger partial charge in [0, 0.05) is 6.54 Å². The zero-order valence-electron chi connectivity index (χ0n) is 8.09. The van der Waals surface area contributed by atoms with E-state index in [4.69, 9.17) is 20.5 Å². The minimum Gasteiger partial charge on any atom is -0.461 e. The van der Waals surface area contributed by atoms with Crippen molar-refractivity contribution in [3.05, 3.63) is 29.8 Å². The van der Waals surface area contributed by atoms with E-state index in [0.717, 1.165) is 0 Å².